The summed E-state index contributed by atoms with van der Waals surface area (Å²) in [7, 11) is 0. The van der Waals surface area contributed by atoms with Crippen LogP contribution < -0.4 is 14.9 Å². The van der Waals surface area contributed by atoms with E-state index in [-0.39, 0.29) is 24.5 Å². The van der Waals surface area contributed by atoms with Gasteiger partial charge in [0.25, 0.3) is 5.69 Å². The fourth-order valence-electron chi connectivity index (χ4n) is 3.03. The molecule has 0 bridgehead atoms. The minimum absolute atomic E-state index is 0.117. The van der Waals surface area contributed by atoms with Crippen LogP contribution in [0.15, 0.2) is 65.8 Å². The summed E-state index contributed by atoms with van der Waals surface area (Å²) in [5, 5.41) is 15.1. The van der Waals surface area contributed by atoms with Crippen LogP contribution in [0.1, 0.15) is 23.6 Å². The van der Waals surface area contributed by atoms with Gasteiger partial charge in [-0.3, -0.25) is 14.9 Å². The molecule has 3 rings (SSSR count). The summed E-state index contributed by atoms with van der Waals surface area (Å²) >= 11 is 2.11. The zero-order valence-corrected chi connectivity index (χ0v) is 20.3. The molecule has 176 valence electrons. The Bertz CT molecular complexity index is 1200. The van der Waals surface area contributed by atoms with Gasteiger partial charge in [0.15, 0.2) is 11.5 Å². The number of hydrogen-bond acceptors (Lipinski definition) is 6. The lowest BCUT2D eigenvalue weighted by atomic mass is 10.1. The molecule has 0 spiro atoms. The van der Waals surface area contributed by atoms with Crippen LogP contribution in [0.2, 0.25) is 0 Å². The first-order valence-electron chi connectivity index (χ1n) is 10.2. The Balaban J connectivity index is 1.67. The fraction of sp³-hybridized carbons (Fsp3) is 0.167. The number of hydrazone groups is 1. The van der Waals surface area contributed by atoms with E-state index in [4.69, 9.17) is 9.47 Å². The smallest absolute Gasteiger partial charge is 0.273 e. The lowest BCUT2D eigenvalue weighted by molar-refractivity contribution is -0.385. The molecule has 0 radical (unpaired) electrons. The van der Waals surface area contributed by atoms with Crippen LogP contribution >= 0.6 is 22.6 Å². The molecule has 0 saturated heterocycles. The van der Waals surface area contributed by atoms with E-state index in [2.05, 4.69) is 33.1 Å². The van der Waals surface area contributed by atoms with Crippen LogP contribution in [-0.4, -0.2) is 23.7 Å². The van der Waals surface area contributed by atoms with Crippen LogP contribution in [0.25, 0.3) is 0 Å². The standard InChI is InChI=1S/C24H21FIN3O5/c1-2-33-22-12-17(11-20(26)24(22)34-15-16-7-9-19(25)10-8-16)14-27-28-23(30)13-18-5-3-4-6-21(18)29(31)32/h3-12,14H,2,13,15H2,1H3,(H,28,30)/b27-14+. The maximum atomic E-state index is 13.1. The van der Waals surface area contributed by atoms with E-state index < -0.39 is 10.8 Å². The Labute approximate surface area is 209 Å². The number of para-hydroxylation sites is 1. The lowest BCUT2D eigenvalue weighted by Gasteiger charge is -2.14. The van der Waals surface area contributed by atoms with E-state index >= 15 is 0 Å². The molecular formula is C24H21FIN3O5. The van der Waals surface area contributed by atoms with E-state index in [1.165, 1.54) is 30.5 Å². The van der Waals surface area contributed by atoms with Gasteiger partial charge < -0.3 is 9.47 Å². The van der Waals surface area contributed by atoms with Gasteiger partial charge in [-0.25, -0.2) is 9.82 Å². The second kappa shape index (κ2) is 12.1. The minimum Gasteiger partial charge on any atom is -0.490 e. The molecule has 3 aromatic carbocycles. The summed E-state index contributed by atoms with van der Waals surface area (Å²) in [4.78, 5) is 22.8. The molecule has 0 saturated carbocycles. The van der Waals surface area contributed by atoms with E-state index in [0.29, 0.717) is 29.2 Å². The van der Waals surface area contributed by atoms with Crippen molar-refractivity contribution < 1.29 is 23.6 Å². The minimum atomic E-state index is -0.525. The Morgan fingerprint density at radius 2 is 1.91 bits per heavy atom. The Morgan fingerprint density at radius 1 is 1.18 bits per heavy atom. The molecule has 34 heavy (non-hydrogen) atoms. The first-order valence-corrected chi connectivity index (χ1v) is 11.3. The van der Waals surface area contributed by atoms with Crippen molar-refractivity contribution >= 4 is 40.4 Å². The summed E-state index contributed by atoms with van der Waals surface area (Å²) in [5.74, 6) is 0.254. The largest absolute Gasteiger partial charge is 0.490 e. The van der Waals surface area contributed by atoms with E-state index in [9.17, 15) is 19.3 Å². The first kappa shape index (κ1) is 25.1. The van der Waals surface area contributed by atoms with Gasteiger partial charge in [-0.05, 0) is 64.9 Å². The molecule has 0 aliphatic rings. The number of ether oxygens (including phenoxy) is 2. The third kappa shape index (κ3) is 6.98. The van der Waals surface area contributed by atoms with Crippen molar-refractivity contribution in [1.82, 2.24) is 5.43 Å². The zero-order chi connectivity index (χ0) is 24.5. The van der Waals surface area contributed by atoms with Crippen molar-refractivity contribution in [3.63, 3.8) is 0 Å². The summed E-state index contributed by atoms with van der Waals surface area (Å²) in [6.07, 6.45) is 1.28. The average Bonchev–Trinajstić information content (AvgIpc) is 2.80. The summed E-state index contributed by atoms with van der Waals surface area (Å²) in [6.45, 7) is 2.50. The molecule has 0 aromatic heterocycles. The molecule has 1 amide bonds. The number of hydrogen-bond donors (Lipinski definition) is 1. The number of carbonyl (C=O) groups is 1. The Hall–Kier alpha value is -3.54. The van der Waals surface area contributed by atoms with Crippen molar-refractivity contribution in [2.45, 2.75) is 20.0 Å². The predicted octanol–water partition coefficient (Wildman–Crippen LogP) is 5.01. The molecule has 0 aliphatic carbocycles. The number of halogens is 2. The summed E-state index contributed by atoms with van der Waals surface area (Å²) in [5.41, 5.74) is 4.04. The van der Waals surface area contributed by atoms with Crippen LogP contribution in [0.4, 0.5) is 10.1 Å². The van der Waals surface area contributed by atoms with Gasteiger partial charge in [0.1, 0.15) is 12.4 Å². The van der Waals surface area contributed by atoms with Gasteiger partial charge in [0.05, 0.1) is 27.7 Å². The monoisotopic (exact) mass is 577 g/mol. The highest BCUT2D eigenvalue weighted by Gasteiger charge is 2.15. The van der Waals surface area contributed by atoms with Crippen LogP contribution in [0, 0.1) is 19.5 Å². The van der Waals surface area contributed by atoms with Crippen molar-refractivity contribution in [3.8, 4) is 11.5 Å². The third-order valence-electron chi connectivity index (χ3n) is 4.57. The Morgan fingerprint density at radius 3 is 2.62 bits per heavy atom. The van der Waals surface area contributed by atoms with Crippen LogP contribution in [0.5, 0.6) is 11.5 Å². The first-order chi connectivity index (χ1) is 16.4. The van der Waals surface area contributed by atoms with Crippen LogP contribution in [0.3, 0.4) is 0 Å². The fourth-order valence-corrected chi connectivity index (χ4v) is 3.81. The number of nitrogens with one attached hydrogen (secondary N) is 1. The number of nitro groups is 1. The molecule has 10 heteroatoms. The highest BCUT2D eigenvalue weighted by atomic mass is 127. The normalized spacial score (nSPS) is 10.8. The third-order valence-corrected chi connectivity index (χ3v) is 5.37. The van der Waals surface area contributed by atoms with Gasteiger partial charge >= 0.3 is 0 Å². The quantitative estimate of drug-likeness (QED) is 0.158. The Kier molecular flexibility index (Phi) is 8.91. The molecule has 0 atom stereocenters. The van der Waals surface area contributed by atoms with E-state index in [1.807, 2.05) is 6.92 Å². The molecule has 3 aromatic rings. The maximum absolute atomic E-state index is 13.1. The summed E-state index contributed by atoms with van der Waals surface area (Å²) in [6, 6.07) is 15.6. The van der Waals surface area contributed by atoms with Crippen LogP contribution in [-0.2, 0) is 17.8 Å². The van der Waals surface area contributed by atoms with Gasteiger partial charge in [-0.15, -0.1) is 0 Å². The van der Waals surface area contributed by atoms with Gasteiger partial charge in [0, 0.05) is 11.6 Å². The number of rotatable bonds is 10. The number of benzene rings is 3. The molecule has 1 N–H and O–H groups in total. The van der Waals surface area contributed by atoms with Crippen molar-refractivity contribution in [3.05, 3.63) is 96.9 Å². The van der Waals surface area contributed by atoms with Gasteiger partial charge in [-0.1, -0.05) is 30.3 Å². The molecule has 0 heterocycles. The zero-order valence-electron chi connectivity index (χ0n) is 18.2. The lowest BCUT2D eigenvalue weighted by Crippen LogP contribution is -2.20. The van der Waals surface area contributed by atoms with E-state index in [0.717, 1.165) is 9.13 Å². The van der Waals surface area contributed by atoms with Crippen molar-refractivity contribution in [2.75, 3.05) is 6.61 Å². The molecular weight excluding hydrogens is 556 g/mol. The SMILES string of the molecule is CCOc1cc(/C=N/NC(=O)Cc2ccccc2[N+](=O)[O-])cc(I)c1OCc1ccc(F)cc1. The highest BCUT2D eigenvalue weighted by Crippen LogP contribution is 2.34. The van der Waals surface area contributed by atoms with Gasteiger partial charge in [-0.2, -0.15) is 5.10 Å². The highest BCUT2D eigenvalue weighted by molar-refractivity contribution is 14.1. The average molecular weight is 577 g/mol. The molecule has 0 fully saturated rings. The van der Waals surface area contributed by atoms with Crippen molar-refractivity contribution in [1.29, 1.82) is 0 Å². The number of carbonyl (C=O) groups excluding carboxylic acids is 1. The molecule has 8 nitrogen and oxygen atoms in total. The molecule has 0 unspecified atom stereocenters. The maximum Gasteiger partial charge on any atom is 0.273 e. The predicted molar refractivity (Wildman–Crippen MR) is 134 cm³/mol. The van der Waals surface area contributed by atoms with Gasteiger partial charge in [0.2, 0.25) is 5.91 Å². The van der Waals surface area contributed by atoms with Crippen molar-refractivity contribution in [2.24, 2.45) is 5.10 Å². The second-order valence-corrected chi connectivity index (χ2v) is 8.20. The number of nitrogens with zero attached hydrogens (tertiary/aromatic N) is 2. The second-order valence-electron chi connectivity index (χ2n) is 7.03. The van der Waals surface area contributed by atoms with E-state index in [1.54, 1.807) is 36.4 Å². The molecule has 0 aliphatic heterocycles. The summed E-state index contributed by atoms with van der Waals surface area (Å²) < 4.78 is 25.5. The topological polar surface area (TPSA) is 103 Å². The number of amides is 1. The number of nitro benzene ring substituents is 1.